The molecule has 3 rings (SSSR count). The van der Waals surface area contributed by atoms with Gasteiger partial charge in [-0.3, -0.25) is 0 Å². The van der Waals surface area contributed by atoms with Gasteiger partial charge in [-0.1, -0.05) is 0 Å². The van der Waals surface area contributed by atoms with E-state index in [2.05, 4.69) is 41.2 Å². The van der Waals surface area contributed by atoms with Gasteiger partial charge in [-0.15, -0.1) is 0 Å². The van der Waals surface area contributed by atoms with E-state index < -0.39 is 11.6 Å². The predicted octanol–water partition coefficient (Wildman–Crippen LogP) is 3.79. The summed E-state index contributed by atoms with van der Waals surface area (Å²) >= 11 is 8.75. The van der Waals surface area contributed by atoms with E-state index in [1.54, 1.807) is 0 Å². The van der Waals surface area contributed by atoms with E-state index in [4.69, 9.17) is 11.6 Å². The number of rotatable bonds is 2. The number of aromatic nitrogens is 4. The van der Waals surface area contributed by atoms with Crippen LogP contribution >= 0.6 is 27.5 Å². The van der Waals surface area contributed by atoms with Crippen molar-refractivity contribution in [1.82, 2.24) is 19.9 Å². The average Bonchev–Trinajstić information content (AvgIpc) is 2.84. The zero-order chi connectivity index (χ0) is 14.3. The lowest BCUT2D eigenvalue weighted by Crippen LogP contribution is -2.00. The van der Waals surface area contributed by atoms with Gasteiger partial charge in [-0.05, 0) is 33.6 Å². The van der Waals surface area contributed by atoms with E-state index in [0.717, 1.165) is 6.07 Å². The summed E-state index contributed by atoms with van der Waals surface area (Å²) in [4.78, 5) is 14.6. The van der Waals surface area contributed by atoms with Crippen LogP contribution in [0.15, 0.2) is 22.9 Å². The van der Waals surface area contributed by atoms with Crippen molar-refractivity contribution in [3.05, 3.63) is 39.9 Å². The van der Waals surface area contributed by atoms with Crippen molar-refractivity contribution < 1.29 is 8.78 Å². The molecule has 0 spiro atoms. The van der Waals surface area contributed by atoms with Crippen LogP contribution in [0.4, 0.5) is 20.3 Å². The zero-order valence-electron chi connectivity index (χ0n) is 9.59. The summed E-state index contributed by atoms with van der Waals surface area (Å²) in [5.41, 5.74) is 0.854. The highest BCUT2D eigenvalue weighted by atomic mass is 79.9. The molecule has 2 aromatic heterocycles. The molecule has 0 amide bonds. The molecule has 0 atom stereocenters. The standard InChI is InChI=1S/C11H5BrClF2N5/c12-4-1-7(6(15)2-5(4)14)18-10-8-9(17-3-16-8)19-11(13)20-10/h1-3H,(H2,16,17,18,19,20). The van der Waals surface area contributed by atoms with Gasteiger partial charge in [0.2, 0.25) is 5.28 Å². The number of imidazole rings is 1. The van der Waals surface area contributed by atoms with Gasteiger partial charge in [0.1, 0.15) is 17.2 Å². The minimum atomic E-state index is -0.756. The fourth-order valence-corrected chi connectivity index (χ4v) is 2.15. The van der Waals surface area contributed by atoms with Crippen LogP contribution < -0.4 is 5.32 Å². The molecule has 0 saturated heterocycles. The minimum absolute atomic E-state index is 0.0336. The number of benzene rings is 1. The van der Waals surface area contributed by atoms with Crippen LogP contribution in [-0.2, 0) is 0 Å². The fourth-order valence-electron chi connectivity index (χ4n) is 1.64. The van der Waals surface area contributed by atoms with Gasteiger partial charge in [-0.25, -0.2) is 13.8 Å². The third kappa shape index (κ3) is 2.32. The number of halogens is 4. The van der Waals surface area contributed by atoms with Crippen molar-refractivity contribution in [1.29, 1.82) is 0 Å². The number of anilines is 2. The Labute approximate surface area is 124 Å². The maximum Gasteiger partial charge on any atom is 0.226 e. The Morgan fingerprint density at radius 2 is 2.00 bits per heavy atom. The molecule has 20 heavy (non-hydrogen) atoms. The number of nitrogens with zero attached hydrogens (tertiary/aromatic N) is 3. The summed E-state index contributed by atoms with van der Waals surface area (Å²) in [5.74, 6) is -1.21. The topological polar surface area (TPSA) is 66.5 Å². The van der Waals surface area contributed by atoms with E-state index in [1.807, 2.05) is 0 Å². The average molecular weight is 361 g/mol. The summed E-state index contributed by atoms with van der Waals surface area (Å²) in [5, 5.41) is 2.70. The first kappa shape index (κ1) is 13.2. The quantitative estimate of drug-likeness (QED) is 0.539. The third-order valence-electron chi connectivity index (χ3n) is 2.52. The number of hydrogen-bond donors (Lipinski definition) is 2. The van der Waals surface area contributed by atoms with Crippen molar-refractivity contribution in [2.75, 3.05) is 5.32 Å². The van der Waals surface area contributed by atoms with Gasteiger partial charge in [0.15, 0.2) is 11.5 Å². The van der Waals surface area contributed by atoms with Crippen LogP contribution in [0, 0.1) is 11.6 Å². The maximum atomic E-state index is 13.7. The number of aromatic amines is 1. The zero-order valence-corrected chi connectivity index (χ0v) is 11.9. The second kappa shape index (κ2) is 4.95. The van der Waals surface area contributed by atoms with Crippen molar-refractivity contribution in [3.63, 3.8) is 0 Å². The summed E-state index contributed by atoms with van der Waals surface area (Å²) < 4.78 is 27.0. The second-order valence-electron chi connectivity index (χ2n) is 3.81. The minimum Gasteiger partial charge on any atom is -0.340 e. The van der Waals surface area contributed by atoms with Crippen molar-refractivity contribution in [2.24, 2.45) is 0 Å². The molecule has 0 saturated carbocycles. The smallest absolute Gasteiger partial charge is 0.226 e. The number of H-pyrrole nitrogens is 1. The normalized spacial score (nSPS) is 11.0. The molecular weight excluding hydrogens is 356 g/mol. The second-order valence-corrected chi connectivity index (χ2v) is 5.01. The highest BCUT2D eigenvalue weighted by molar-refractivity contribution is 9.10. The van der Waals surface area contributed by atoms with Gasteiger partial charge >= 0.3 is 0 Å². The Kier molecular flexibility index (Phi) is 3.27. The largest absolute Gasteiger partial charge is 0.340 e. The van der Waals surface area contributed by atoms with E-state index in [9.17, 15) is 8.78 Å². The Morgan fingerprint density at radius 3 is 2.80 bits per heavy atom. The molecule has 0 radical (unpaired) electrons. The van der Waals surface area contributed by atoms with Crippen LogP contribution in [0.2, 0.25) is 5.28 Å². The van der Waals surface area contributed by atoms with E-state index in [0.29, 0.717) is 11.2 Å². The van der Waals surface area contributed by atoms with Gasteiger partial charge in [0, 0.05) is 6.07 Å². The lowest BCUT2D eigenvalue weighted by Gasteiger charge is -2.08. The Morgan fingerprint density at radius 1 is 1.20 bits per heavy atom. The third-order valence-corrected chi connectivity index (χ3v) is 3.30. The maximum absolute atomic E-state index is 13.7. The molecule has 0 aliphatic carbocycles. The summed E-state index contributed by atoms with van der Waals surface area (Å²) in [6.07, 6.45) is 1.41. The molecule has 0 fully saturated rings. The molecule has 5 nitrogen and oxygen atoms in total. The molecule has 0 aliphatic rings. The van der Waals surface area contributed by atoms with Crippen molar-refractivity contribution >= 4 is 50.2 Å². The monoisotopic (exact) mass is 359 g/mol. The number of hydrogen-bond acceptors (Lipinski definition) is 4. The Hall–Kier alpha value is -1.80. The first-order chi connectivity index (χ1) is 9.54. The predicted molar refractivity (Wildman–Crippen MR) is 74.0 cm³/mol. The first-order valence-corrected chi connectivity index (χ1v) is 6.50. The highest BCUT2D eigenvalue weighted by Crippen LogP contribution is 2.28. The Balaban J connectivity index is 2.09. The van der Waals surface area contributed by atoms with Crippen LogP contribution in [-0.4, -0.2) is 19.9 Å². The Bertz CT molecular complexity index is 807. The van der Waals surface area contributed by atoms with Crippen LogP contribution in [0.1, 0.15) is 0 Å². The molecular formula is C11H5BrClF2N5. The number of nitrogens with one attached hydrogen (secondary N) is 2. The van der Waals surface area contributed by atoms with Crippen molar-refractivity contribution in [3.8, 4) is 0 Å². The summed E-state index contributed by atoms with van der Waals surface area (Å²) in [6, 6.07) is 2.03. The van der Waals surface area contributed by atoms with Gasteiger partial charge in [0.25, 0.3) is 0 Å². The van der Waals surface area contributed by atoms with E-state index >= 15 is 0 Å². The number of fused-ring (bicyclic) bond motifs is 1. The molecule has 2 N–H and O–H groups in total. The molecule has 3 aromatic rings. The lowest BCUT2D eigenvalue weighted by atomic mass is 10.3. The van der Waals surface area contributed by atoms with Gasteiger partial charge in [0.05, 0.1) is 16.5 Å². The highest BCUT2D eigenvalue weighted by Gasteiger charge is 2.13. The molecule has 9 heteroatoms. The molecule has 0 unspecified atom stereocenters. The van der Waals surface area contributed by atoms with Gasteiger partial charge < -0.3 is 10.3 Å². The lowest BCUT2D eigenvalue weighted by molar-refractivity contribution is 0.581. The van der Waals surface area contributed by atoms with E-state index in [-0.39, 0.29) is 21.3 Å². The molecule has 1 aromatic carbocycles. The summed E-state index contributed by atoms with van der Waals surface area (Å²) in [7, 11) is 0. The molecule has 2 heterocycles. The molecule has 0 bridgehead atoms. The van der Waals surface area contributed by atoms with Crippen LogP contribution in [0.3, 0.4) is 0 Å². The van der Waals surface area contributed by atoms with Crippen LogP contribution in [0.25, 0.3) is 11.2 Å². The molecule has 0 aliphatic heterocycles. The van der Waals surface area contributed by atoms with Crippen molar-refractivity contribution in [2.45, 2.75) is 0 Å². The first-order valence-electron chi connectivity index (χ1n) is 5.33. The van der Waals surface area contributed by atoms with E-state index in [1.165, 1.54) is 12.4 Å². The SMILES string of the molecule is Fc1cc(F)c(Nc2nc(Cl)nc3nc[nH]c23)cc1Br. The molecule has 102 valence electrons. The fraction of sp³-hybridized carbons (Fsp3) is 0. The summed E-state index contributed by atoms with van der Waals surface area (Å²) in [6.45, 7) is 0. The van der Waals surface area contributed by atoms with Crippen LogP contribution in [0.5, 0.6) is 0 Å². The van der Waals surface area contributed by atoms with Gasteiger partial charge in [-0.2, -0.15) is 9.97 Å².